The maximum Gasteiger partial charge on any atom is 0.417 e. The van der Waals surface area contributed by atoms with Gasteiger partial charge >= 0.3 is 12.1 Å². The molecule has 0 bridgehead atoms. The van der Waals surface area contributed by atoms with Gasteiger partial charge in [0.1, 0.15) is 5.75 Å². The summed E-state index contributed by atoms with van der Waals surface area (Å²) in [5.41, 5.74) is 2.07. The Morgan fingerprint density at radius 1 is 1.09 bits per heavy atom. The van der Waals surface area contributed by atoms with Crippen molar-refractivity contribution < 1.29 is 19.1 Å². The predicted molar refractivity (Wildman–Crippen MR) is 86.3 cm³/mol. The fourth-order valence-electron chi connectivity index (χ4n) is 1.74. The summed E-state index contributed by atoms with van der Waals surface area (Å²) in [5.74, 6) is -0.118. The van der Waals surface area contributed by atoms with E-state index < -0.39 is 12.1 Å². The van der Waals surface area contributed by atoms with Gasteiger partial charge in [0.2, 0.25) is 0 Å². The van der Waals surface area contributed by atoms with Crippen LogP contribution in [0.5, 0.6) is 5.75 Å². The standard InChI is InChI=1S/C16H14BrNO4/c1-10-3-8-14(13(17)9-10)18-16(20)22-12-6-4-11(5-7-12)15(19)21-2/h3-9H,1-2H3,(H,18,20). The fraction of sp³-hybridized carbons (Fsp3) is 0.125. The molecule has 0 heterocycles. The lowest BCUT2D eigenvalue weighted by Crippen LogP contribution is -2.17. The van der Waals surface area contributed by atoms with E-state index >= 15 is 0 Å². The normalized spacial score (nSPS) is 9.95. The third kappa shape index (κ3) is 4.08. The molecule has 1 amide bonds. The van der Waals surface area contributed by atoms with Crippen molar-refractivity contribution in [2.45, 2.75) is 6.92 Å². The molecule has 114 valence electrons. The lowest BCUT2D eigenvalue weighted by atomic mass is 10.2. The highest BCUT2D eigenvalue weighted by Gasteiger charge is 2.09. The number of benzene rings is 2. The first-order chi connectivity index (χ1) is 10.5. The molecule has 0 radical (unpaired) electrons. The topological polar surface area (TPSA) is 64.6 Å². The fourth-order valence-corrected chi connectivity index (χ4v) is 2.33. The molecule has 0 aliphatic carbocycles. The molecule has 0 spiro atoms. The summed E-state index contributed by atoms with van der Waals surface area (Å²) in [5, 5.41) is 2.63. The number of carbonyl (C=O) groups is 2. The van der Waals surface area contributed by atoms with Gasteiger partial charge < -0.3 is 9.47 Å². The lowest BCUT2D eigenvalue weighted by Gasteiger charge is -2.09. The molecular weight excluding hydrogens is 350 g/mol. The molecule has 2 rings (SSSR count). The molecule has 0 saturated carbocycles. The molecule has 0 atom stereocenters. The van der Waals surface area contributed by atoms with Crippen molar-refractivity contribution in [2.24, 2.45) is 0 Å². The lowest BCUT2D eigenvalue weighted by molar-refractivity contribution is 0.0600. The Labute approximate surface area is 136 Å². The molecule has 0 unspecified atom stereocenters. The van der Waals surface area contributed by atoms with E-state index in [0.717, 1.165) is 10.0 Å². The van der Waals surface area contributed by atoms with Crippen LogP contribution >= 0.6 is 15.9 Å². The Bertz CT molecular complexity index is 698. The summed E-state index contributed by atoms with van der Waals surface area (Å²) in [6.07, 6.45) is -0.615. The van der Waals surface area contributed by atoms with Crippen LogP contribution in [0.1, 0.15) is 15.9 Å². The van der Waals surface area contributed by atoms with Crippen molar-refractivity contribution >= 4 is 33.7 Å². The number of hydrogen-bond acceptors (Lipinski definition) is 4. The molecule has 1 N–H and O–H groups in total. The van der Waals surface area contributed by atoms with Gasteiger partial charge in [-0.25, -0.2) is 9.59 Å². The summed E-state index contributed by atoms with van der Waals surface area (Å²) in [6, 6.07) is 11.6. The summed E-state index contributed by atoms with van der Waals surface area (Å²) >= 11 is 3.37. The second kappa shape index (κ2) is 7.09. The first kappa shape index (κ1) is 16.0. The minimum Gasteiger partial charge on any atom is -0.465 e. The molecule has 2 aromatic rings. The summed E-state index contributed by atoms with van der Waals surface area (Å²) < 4.78 is 10.5. The van der Waals surface area contributed by atoms with Crippen molar-refractivity contribution in [3.63, 3.8) is 0 Å². The first-order valence-corrected chi connectivity index (χ1v) is 7.22. The number of hydrogen-bond donors (Lipinski definition) is 1. The summed E-state index contributed by atoms with van der Waals surface area (Å²) in [6.45, 7) is 1.95. The van der Waals surface area contributed by atoms with E-state index in [1.807, 2.05) is 19.1 Å². The molecule has 5 nitrogen and oxygen atoms in total. The van der Waals surface area contributed by atoms with Crippen LogP contribution in [0.4, 0.5) is 10.5 Å². The number of ether oxygens (including phenoxy) is 2. The number of carbonyl (C=O) groups excluding carboxylic acids is 2. The molecule has 6 heteroatoms. The van der Waals surface area contributed by atoms with Gasteiger partial charge in [-0.2, -0.15) is 0 Å². The number of rotatable bonds is 3. The summed E-state index contributed by atoms with van der Waals surface area (Å²) in [7, 11) is 1.31. The van der Waals surface area contributed by atoms with Crippen LogP contribution in [-0.2, 0) is 4.74 Å². The van der Waals surface area contributed by atoms with Gasteiger partial charge in [-0.05, 0) is 64.8 Å². The van der Waals surface area contributed by atoms with Gasteiger partial charge in [0, 0.05) is 4.47 Å². The number of esters is 1. The number of nitrogens with one attached hydrogen (secondary N) is 1. The average Bonchev–Trinajstić information content (AvgIpc) is 2.50. The summed E-state index contributed by atoms with van der Waals surface area (Å²) in [4.78, 5) is 23.2. The molecule has 0 aliphatic heterocycles. The highest BCUT2D eigenvalue weighted by molar-refractivity contribution is 9.10. The first-order valence-electron chi connectivity index (χ1n) is 6.43. The molecule has 0 fully saturated rings. The van der Waals surface area contributed by atoms with Crippen LogP contribution in [0.25, 0.3) is 0 Å². The maximum atomic E-state index is 11.8. The predicted octanol–water partition coefficient (Wildman–Crippen LogP) is 4.16. The molecule has 0 saturated heterocycles. The molecular formula is C16H14BrNO4. The van der Waals surface area contributed by atoms with Crippen LogP contribution in [0.15, 0.2) is 46.9 Å². The Kier molecular flexibility index (Phi) is 5.16. The Morgan fingerprint density at radius 3 is 2.36 bits per heavy atom. The number of aryl methyl sites for hydroxylation is 1. The van der Waals surface area contributed by atoms with Crippen molar-refractivity contribution in [1.29, 1.82) is 0 Å². The van der Waals surface area contributed by atoms with Crippen molar-refractivity contribution in [2.75, 3.05) is 12.4 Å². The molecule has 0 aliphatic rings. The third-order valence-electron chi connectivity index (χ3n) is 2.85. The zero-order chi connectivity index (χ0) is 16.1. The second-order valence-electron chi connectivity index (χ2n) is 4.51. The van der Waals surface area contributed by atoms with E-state index in [0.29, 0.717) is 17.0 Å². The second-order valence-corrected chi connectivity index (χ2v) is 5.37. The largest absolute Gasteiger partial charge is 0.465 e. The van der Waals surface area contributed by atoms with Crippen LogP contribution < -0.4 is 10.1 Å². The van der Waals surface area contributed by atoms with Gasteiger partial charge in [0.25, 0.3) is 0 Å². The van der Waals surface area contributed by atoms with E-state index in [-0.39, 0.29) is 0 Å². The SMILES string of the molecule is COC(=O)c1ccc(OC(=O)Nc2ccc(C)cc2Br)cc1. The number of anilines is 1. The minimum atomic E-state index is -0.615. The van der Waals surface area contributed by atoms with E-state index in [1.54, 1.807) is 6.07 Å². The van der Waals surface area contributed by atoms with Gasteiger partial charge in [-0.1, -0.05) is 6.07 Å². The van der Waals surface area contributed by atoms with Crippen LogP contribution in [-0.4, -0.2) is 19.2 Å². The Morgan fingerprint density at radius 2 is 1.77 bits per heavy atom. The van der Waals surface area contributed by atoms with E-state index in [2.05, 4.69) is 26.0 Å². The van der Waals surface area contributed by atoms with Crippen LogP contribution in [0.2, 0.25) is 0 Å². The average molecular weight is 364 g/mol. The van der Waals surface area contributed by atoms with E-state index in [9.17, 15) is 9.59 Å². The zero-order valence-corrected chi connectivity index (χ0v) is 13.6. The Balaban J connectivity index is 2.01. The molecule has 2 aromatic carbocycles. The van der Waals surface area contributed by atoms with Crippen molar-refractivity contribution in [3.05, 3.63) is 58.1 Å². The molecule has 0 aromatic heterocycles. The zero-order valence-electron chi connectivity index (χ0n) is 12.1. The quantitative estimate of drug-likeness (QED) is 0.831. The van der Waals surface area contributed by atoms with Gasteiger partial charge in [0.15, 0.2) is 0 Å². The van der Waals surface area contributed by atoms with Crippen molar-refractivity contribution in [1.82, 2.24) is 0 Å². The van der Waals surface area contributed by atoms with Gasteiger partial charge in [-0.15, -0.1) is 0 Å². The highest BCUT2D eigenvalue weighted by Crippen LogP contribution is 2.23. The van der Waals surface area contributed by atoms with E-state index in [4.69, 9.17) is 4.74 Å². The van der Waals surface area contributed by atoms with Gasteiger partial charge in [0.05, 0.1) is 18.4 Å². The Hall–Kier alpha value is -2.34. The molecule has 22 heavy (non-hydrogen) atoms. The number of amides is 1. The van der Waals surface area contributed by atoms with Crippen molar-refractivity contribution in [3.8, 4) is 5.75 Å². The smallest absolute Gasteiger partial charge is 0.417 e. The highest BCUT2D eigenvalue weighted by atomic mass is 79.9. The maximum absolute atomic E-state index is 11.8. The minimum absolute atomic E-state index is 0.327. The monoisotopic (exact) mass is 363 g/mol. The van der Waals surface area contributed by atoms with Crippen LogP contribution in [0.3, 0.4) is 0 Å². The third-order valence-corrected chi connectivity index (χ3v) is 3.50. The van der Waals surface area contributed by atoms with E-state index in [1.165, 1.54) is 31.4 Å². The number of methoxy groups -OCH3 is 1. The van der Waals surface area contributed by atoms with Gasteiger partial charge in [-0.3, -0.25) is 5.32 Å². The van der Waals surface area contributed by atoms with Crippen LogP contribution in [0, 0.1) is 6.92 Å². The number of halogens is 1.